The molecule has 0 aromatic carbocycles. The number of halogens is 1. The van der Waals surface area contributed by atoms with Crippen LogP contribution in [0.1, 0.15) is 20.3 Å². The Labute approximate surface area is 105 Å². The predicted octanol–water partition coefficient (Wildman–Crippen LogP) is 0.274. The molecule has 0 bridgehead atoms. The van der Waals surface area contributed by atoms with Gasteiger partial charge in [-0.15, -0.1) is 12.4 Å². The molecule has 5 nitrogen and oxygen atoms in total. The van der Waals surface area contributed by atoms with Gasteiger partial charge in [-0.05, 0) is 19.3 Å². The lowest BCUT2D eigenvalue weighted by atomic mass is 10.0. The highest BCUT2D eigenvalue weighted by molar-refractivity contribution is 7.86. The Morgan fingerprint density at radius 3 is 2.50 bits per heavy atom. The summed E-state index contributed by atoms with van der Waals surface area (Å²) in [6, 6.07) is 0.0668. The van der Waals surface area contributed by atoms with Gasteiger partial charge in [0.2, 0.25) is 0 Å². The monoisotopic (exact) mass is 271 g/mol. The normalized spacial score (nSPS) is 24.4. The summed E-state index contributed by atoms with van der Waals surface area (Å²) in [6.07, 6.45) is 0.869. The first kappa shape index (κ1) is 16.1. The van der Waals surface area contributed by atoms with Crippen molar-refractivity contribution < 1.29 is 8.42 Å². The number of nitrogens with two attached hydrogens (primary N) is 1. The lowest BCUT2D eigenvalue weighted by Gasteiger charge is -2.23. The molecule has 0 saturated carbocycles. The molecular formula is C9H22ClN3O2S. The van der Waals surface area contributed by atoms with E-state index in [1.54, 1.807) is 7.05 Å². The van der Waals surface area contributed by atoms with Gasteiger partial charge in [0, 0.05) is 32.7 Å². The van der Waals surface area contributed by atoms with Gasteiger partial charge in [-0.1, -0.05) is 6.92 Å². The van der Waals surface area contributed by atoms with E-state index in [1.165, 1.54) is 8.61 Å². The predicted molar refractivity (Wildman–Crippen MR) is 67.8 cm³/mol. The largest absolute Gasteiger partial charge is 0.328 e. The molecule has 1 heterocycles. The lowest BCUT2D eigenvalue weighted by molar-refractivity contribution is 0.385. The fraction of sp³-hybridized carbons (Fsp3) is 1.00. The maximum atomic E-state index is 11.9. The quantitative estimate of drug-likeness (QED) is 0.798. The van der Waals surface area contributed by atoms with Crippen molar-refractivity contribution in [1.82, 2.24) is 8.61 Å². The maximum absolute atomic E-state index is 11.9. The highest BCUT2D eigenvalue weighted by Gasteiger charge is 2.34. The van der Waals surface area contributed by atoms with Crippen LogP contribution in [0.15, 0.2) is 0 Å². The van der Waals surface area contributed by atoms with E-state index < -0.39 is 10.2 Å². The summed E-state index contributed by atoms with van der Waals surface area (Å²) in [4.78, 5) is 0. The van der Waals surface area contributed by atoms with Gasteiger partial charge in [0.05, 0.1) is 0 Å². The number of nitrogens with zero attached hydrogens (tertiary/aromatic N) is 2. The van der Waals surface area contributed by atoms with Crippen molar-refractivity contribution in [2.75, 3.05) is 26.7 Å². The van der Waals surface area contributed by atoms with Gasteiger partial charge >= 0.3 is 0 Å². The van der Waals surface area contributed by atoms with Gasteiger partial charge in [-0.25, -0.2) is 0 Å². The number of hydrogen-bond donors (Lipinski definition) is 1. The summed E-state index contributed by atoms with van der Waals surface area (Å²) >= 11 is 0. The van der Waals surface area contributed by atoms with Gasteiger partial charge in [0.1, 0.15) is 0 Å². The molecule has 1 fully saturated rings. The fourth-order valence-electron chi connectivity index (χ4n) is 1.75. The van der Waals surface area contributed by atoms with Gasteiger partial charge in [0.15, 0.2) is 0 Å². The third-order valence-electron chi connectivity index (χ3n) is 3.10. The third-order valence-corrected chi connectivity index (χ3v) is 5.13. The lowest BCUT2D eigenvalue weighted by Crippen LogP contribution is -2.41. The minimum Gasteiger partial charge on any atom is -0.328 e. The van der Waals surface area contributed by atoms with Crippen LogP contribution in [-0.2, 0) is 10.2 Å². The summed E-state index contributed by atoms with van der Waals surface area (Å²) in [6.45, 7) is 5.42. The van der Waals surface area contributed by atoms with E-state index >= 15 is 0 Å². The Hall–Kier alpha value is 0.120. The van der Waals surface area contributed by atoms with Crippen LogP contribution in [0.3, 0.4) is 0 Å². The SMILES string of the molecule is CCN(C)S(=O)(=O)N1CCC(C(C)N)C1.Cl. The standard InChI is InChI=1S/C9H21N3O2S.ClH/c1-4-11(3)15(13,14)12-6-5-9(7-12)8(2)10;/h8-9H,4-7,10H2,1-3H3;1H. The minimum absolute atomic E-state index is 0. The average molecular weight is 272 g/mol. The molecule has 1 saturated heterocycles. The second-order valence-electron chi connectivity index (χ2n) is 4.19. The molecule has 0 amide bonds. The Morgan fingerprint density at radius 2 is 2.12 bits per heavy atom. The zero-order valence-electron chi connectivity index (χ0n) is 10.1. The van der Waals surface area contributed by atoms with Crippen LogP contribution in [0.5, 0.6) is 0 Å². The zero-order chi connectivity index (χ0) is 11.6. The Bertz CT molecular complexity index is 308. The summed E-state index contributed by atoms with van der Waals surface area (Å²) in [7, 11) is -1.64. The molecule has 0 aromatic rings. The highest BCUT2D eigenvalue weighted by atomic mass is 35.5. The van der Waals surface area contributed by atoms with Crippen LogP contribution in [0.4, 0.5) is 0 Å². The third kappa shape index (κ3) is 3.30. The Morgan fingerprint density at radius 1 is 1.56 bits per heavy atom. The van der Waals surface area contributed by atoms with Gasteiger partial charge < -0.3 is 5.73 Å². The zero-order valence-corrected chi connectivity index (χ0v) is 11.7. The fourth-order valence-corrected chi connectivity index (χ4v) is 3.19. The number of hydrogen-bond acceptors (Lipinski definition) is 3. The van der Waals surface area contributed by atoms with E-state index in [9.17, 15) is 8.42 Å². The first-order chi connectivity index (χ1) is 6.89. The van der Waals surface area contributed by atoms with Crippen molar-refractivity contribution in [3.8, 4) is 0 Å². The first-order valence-corrected chi connectivity index (χ1v) is 6.76. The molecule has 7 heteroatoms. The average Bonchev–Trinajstić information content (AvgIpc) is 2.65. The van der Waals surface area contributed by atoms with Crippen LogP contribution in [0, 0.1) is 5.92 Å². The second kappa shape index (κ2) is 6.16. The van der Waals surface area contributed by atoms with Crippen LogP contribution < -0.4 is 5.73 Å². The molecule has 2 unspecified atom stereocenters. The molecule has 0 aromatic heterocycles. The second-order valence-corrected chi connectivity index (χ2v) is 6.22. The Balaban J connectivity index is 0.00000225. The molecule has 2 atom stereocenters. The molecule has 0 aliphatic carbocycles. The molecule has 16 heavy (non-hydrogen) atoms. The van der Waals surface area contributed by atoms with Crippen LogP contribution in [0.25, 0.3) is 0 Å². The summed E-state index contributed by atoms with van der Waals surface area (Å²) in [5.74, 6) is 0.296. The highest BCUT2D eigenvalue weighted by Crippen LogP contribution is 2.22. The molecule has 0 radical (unpaired) electrons. The summed E-state index contributed by atoms with van der Waals surface area (Å²) < 4.78 is 26.8. The van der Waals surface area contributed by atoms with Crippen molar-refractivity contribution in [3.63, 3.8) is 0 Å². The Kier molecular flexibility index (Phi) is 6.21. The molecule has 1 aliphatic heterocycles. The summed E-state index contributed by atoms with van der Waals surface area (Å²) in [5.41, 5.74) is 5.78. The maximum Gasteiger partial charge on any atom is 0.281 e. The number of rotatable bonds is 4. The molecule has 1 rings (SSSR count). The van der Waals surface area contributed by atoms with E-state index in [2.05, 4.69) is 0 Å². The first-order valence-electron chi connectivity index (χ1n) is 5.36. The van der Waals surface area contributed by atoms with Crippen LogP contribution in [-0.4, -0.2) is 49.8 Å². The van der Waals surface area contributed by atoms with Gasteiger partial charge in [-0.3, -0.25) is 0 Å². The van der Waals surface area contributed by atoms with Crippen LogP contribution >= 0.6 is 12.4 Å². The van der Waals surface area contributed by atoms with Crippen molar-refractivity contribution in [2.24, 2.45) is 11.7 Å². The smallest absolute Gasteiger partial charge is 0.281 e. The van der Waals surface area contributed by atoms with Crippen molar-refractivity contribution in [3.05, 3.63) is 0 Å². The van der Waals surface area contributed by atoms with Crippen LogP contribution in [0.2, 0.25) is 0 Å². The van der Waals surface area contributed by atoms with E-state index in [0.29, 0.717) is 25.6 Å². The van der Waals surface area contributed by atoms with Gasteiger partial charge in [-0.2, -0.15) is 17.0 Å². The summed E-state index contributed by atoms with van der Waals surface area (Å²) in [5, 5.41) is 0. The van der Waals surface area contributed by atoms with Crippen molar-refractivity contribution in [2.45, 2.75) is 26.3 Å². The molecule has 2 N–H and O–H groups in total. The molecule has 98 valence electrons. The van der Waals surface area contributed by atoms with E-state index in [4.69, 9.17) is 5.73 Å². The van der Waals surface area contributed by atoms with E-state index in [1.807, 2.05) is 13.8 Å². The molecule has 1 aliphatic rings. The minimum atomic E-state index is -3.24. The van der Waals surface area contributed by atoms with Crippen molar-refractivity contribution >= 4 is 22.6 Å². The van der Waals surface area contributed by atoms with Gasteiger partial charge in [0.25, 0.3) is 10.2 Å². The molecular weight excluding hydrogens is 250 g/mol. The van der Waals surface area contributed by atoms with Crippen molar-refractivity contribution in [1.29, 1.82) is 0 Å². The van der Waals surface area contributed by atoms with E-state index in [0.717, 1.165) is 6.42 Å². The van der Waals surface area contributed by atoms with E-state index in [-0.39, 0.29) is 18.4 Å². The topological polar surface area (TPSA) is 66.6 Å². The molecule has 0 spiro atoms.